The Morgan fingerprint density at radius 3 is 2.75 bits per heavy atom. The number of aromatic amines is 1. The number of nitrogens with one attached hydrogen (secondary N) is 2. The number of nitrogens with zero attached hydrogens (tertiary/aromatic N) is 1. The van der Waals surface area contributed by atoms with Crippen LogP contribution in [0.15, 0.2) is 35.5 Å². The molecule has 1 amide bonds. The molecule has 0 radical (unpaired) electrons. The molecule has 0 fully saturated rings. The third-order valence-electron chi connectivity index (χ3n) is 3.44. The summed E-state index contributed by atoms with van der Waals surface area (Å²) in [4.78, 5) is 18.6. The molecule has 1 aliphatic rings. The summed E-state index contributed by atoms with van der Waals surface area (Å²) in [6, 6.07) is 6.00. The van der Waals surface area contributed by atoms with Crippen LogP contribution in [-0.4, -0.2) is 25.0 Å². The van der Waals surface area contributed by atoms with Crippen LogP contribution in [0.3, 0.4) is 0 Å². The molecule has 3 rings (SSSR count). The standard InChI is InChI=1S/C14H13FN4O3S.ClH/c15-11-5-8(1-2-9(11)7-18-23(16,21)22)14-10-3-4-17-12(10)6-13(20)19-14;/h1-5,17-18H,6-7H2,(H2,16,21,22);1H. The van der Waals surface area contributed by atoms with Crippen molar-refractivity contribution in [1.29, 1.82) is 0 Å². The van der Waals surface area contributed by atoms with E-state index in [1.807, 2.05) is 4.72 Å². The highest BCUT2D eigenvalue weighted by Crippen LogP contribution is 2.21. The zero-order valence-electron chi connectivity index (χ0n) is 12.2. The van der Waals surface area contributed by atoms with Crippen LogP contribution < -0.4 is 9.86 Å². The van der Waals surface area contributed by atoms with Gasteiger partial charge in [-0.3, -0.25) is 4.79 Å². The minimum atomic E-state index is -3.90. The quantitative estimate of drug-likeness (QED) is 0.736. The van der Waals surface area contributed by atoms with Crippen molar-refractivity contribution in [2.45, 2.75) is 13.0 Å². The van der Waals surface area contributed by atoms with Crippen LogP contribution in [0.2, 0.25) is 0 Å². The Balaban J connectivity index is 0.00000208. The first-order valence-electron chi connectivity index (χ1n) is 6.68. The molecule has 2 heterocycles. The fourth-order valence-corrected chi connectivity index (χ4v) is 2.74. The molecule has 0 saturated heterocycles. The van der Waals surface area contributed by atoms with E-state index in [2.05, 4.69) is 9.98 Å². The second kappa shape index (κ2) is 6.81. The van der Waals surface area contributed by atoms with Crippen LogP contribution in [0.5, 0.6) is 0 Å². The number of carbonyl (C=O) groups excluding carboxylic acids is 1. The van der Waals surface area contributed by atoms with Crippen LogP contribution in [0, 0.1) is 5.82 Å². The SMILES string of the molecule is Cl.NS(=O)(=O)NCc1ccc(C2=NC(=O)Cc3[nH]ccc32)cc1F. The first-order chi connectivity index (χ1) is 10.8. The van der Waals surface area contributed by atoms with Crippen LogP contribution in [-0.2, 0) is 28.0 Å². The molecule has 0 spiro atoms. The highest BCUT2D eigenvalue weighted by Gasteiger charge is 2.22. The molecule has 0 saturated carbocycles. The number of nitrogens with two attached hydrogens (primary N) is 1. The van der Waals surface area contributed by atoms with Crippen molar-refractivity contribution in [1.82, 2.24) is 9.71 Å². The maximum atomic E-state index is 14.2. The van der Waals surface area contributed by atoms with Gasteiger partial charge in [-0.25, -0.2) is 14.5 Å². The van der Waals surface area contributed by atoms with Crippen LogP contribution >= 0.6 is 12.4 Å². The van der Waals surface area contributed by atoms with E-state index in [0.717, 1.165) is 11.3 Å². The van der Waals surface area contributed by atoms with Gasteiger partial charge >= 0.3 is 0 Å². The Hall–Kier alpha value is -2.07. The zero-order valence-corrected chi connectivity index (χ0v) is 13.9. The Kier molecular flexibility index (Phi) is 5.19. The summed E-state index contributed by atoms with van der Waals surface area (Å²) in [6.45, 7) is -0.258. The number of aliphatic imine (C=N–C) groups is 1. The van der Waals surface area contributed by atoms with Gasteiger partial charge in [0.25, 0.3) is 16.1 Å². The number of fused-ring (bicyclic) bond motifs is 1. The number of hydrogen-bond donors (Lipinski definition) is 3. The third kappa shape index (κ3) is 3.88. The van der Waals surface area contributed by atoms with Gasteiger partial charge in [0.1, 0.15) is 5.82 Å². The van der Waals surface area contributed by atoms with Crippen molar-refractivity contribution in [2.24, 2.45) is 10.1 Å². The largest absolute Gasteiger partial charge is 0.364 e. The lowest BCUT2D eigenvalue weighted by molar-refractivity contribution is -0.117. The molecule has 0 aliphatic carbocycles. The van der Waals surface area contributed by atoms with Gasteiger partial charge in [-0.2, -0.15) is 13.1 Å². The number of halogens is 2. The van der Waals surface area contributed by atoms with Crippen molar-refractivity contribution in [3.63, 3.8) is 0 Å². The average Bonchev–Trinajstić information content (AvgIpc) is 2.92. The highest BCUT2D eigenvalue weighted by molar-refractivity contribution is 7.87. The second-order valence-electron chi connectivity index (χ2n) is 5.07. The molecule has 0 bridgehead atoms. The number of H-pyrrole nitrogens is 1. The summed E-state index contributed by atoms with van der Waals surface area (Å²) in [6.07, 6.45) is 1.88. The van der Waals surface area contributed by atoms with Gasteiger partial charge in [-0.05, 0) is 12.1 Å². The maximum Gasteiger partial charge on any atom is 0.274 e. The molecule has 1 aliphatic heterocycles. The first-order valence-corrected chi connectivity index (χ1v) is 8.22. The summed E-state index contributed by atoms with van der Waals surface area (Å²) in [5.74, 6) is -0.924. The molecule has 4 N–H and O–H groups in total. The Morgan fingerprint density at radius 1 is 1.33 bits per heavy atom. The molecular formula is C14H14ClFN4O3S. The van der Waals surface area contributed by atoms with Crippen LogP contribution in [0.4, 0.5) is 4.39 Å². The van der Waals surface area contributed by atoms with Gasteiger partial charge < -0.3 is 4.98 Å². The smallest absolute Gasteiger partial charge is 0.274 e. The van der Waals surface area contributed by atoms with E-state index in [0.29, 0.717) is 11.3 Å². The molecule has 128 valence electrons. The van der Waals surface area contributed by atoms with Crippen LogP contribution in [0.1, 0.15) is 22.4 Å². The minimum Gasteiger partial charge on any atom is -0.364 e. The normalized spacial score (nSPS) is 13.9. The molecule has 7 nitrogen and oxygen atoms in total. The third-order valence-corrected chi connectivity index (χ3v) is 3.99. The van der Waals surface area contributed by atoms with E-state index in [1.54, 1.807) is 18.3 Å². The van der Waals surface area contributed by atoms with E-state index < -0.39 is 16.0 Å². The lowest BCUT2D eigenvalue weighted by Crippen LogP contribution is -2.30. The molecular weight excluding hydrogens is 359 g/mol. The predicted molar refractivity (Wildman–Crippen MR) is 88.7 cm³/mol. The molecule has 1 aromatic heterocycles. The number of hydrogen-bond acceptors (Lipinski definition) is 3. The fourth-order valence-electron chi connectivity index (χ4n) is 2.38. The number of rotatable bonds is 4. The lowest BCUT2D eigenvalue weighted by Gasteiger charge is -2.13. The van der Waals surface area contributed by atoms with Crippen molar-refractivity contribution in [3.8, 4) is 0 Å². The van der Waals surface area contributed by atoms with Crippen molar-refractivity contribution >= 4 is 34.2 Å². The number of amides is 1. The summed E-state index contributed by atoms with van der Waals surface area (Å²) < 4.78 is 37.9. The maximum absolute atomic E-state index is 14.2. The van der Waals surface area contributed by atoms with E-state index in [4.69, 9.17) is 5.14 Å². The van der Waals surface area contributed by atoms with E-state index in [1.165, 1.54) is 12.1 Å². The molecule has 2 aromatic rings. The number of carbonyl (C=O) groups is 1. The van der Waals surface area contributed by atoms with Gasteiger partial charge in [0.05, 0.1) is 12.1 Å². The lowest BCUT2D eigenvalue weighted by atomic mass is 9.97. The molecule has 1 aromatic carbocycles. The molecule has 24 heavy (non-hydrogen) atoms. The van der Waals surface area contributed by atoms with Crippen molar-refractivity contribution in [2.75, 3.05) is 0 Å². The average molecular weight is 373 g/mol. The zero-order chi connectivity index (χ0) is 16.6. The summed E-state index contributed by atoms with van der Waals surface area (Å²) in [7, 11) is -3.90. The predicted octanol–water partition coefficient (Wildman–Crippen LogP) is 0.789. The summed E-state index contributed by atoms with van der Waals surface area (Å²) in [5, 5.41) is 4.82. The highest BCUT2D eigenvalue weighted by atomic mass is 35.5. The van der Waals surface area contributed by atoms with Crippen LogP contribution in [0.25, 0.3) is 0 Å². The summed E-state index contributed by atoms with van der Waals surface area (Å²) >= 11 is 0. The number of aromatic nitrogens is 1. The van der Waals surface area contributed by atoms with E-state index in [-0.39, 0.29) is 36.8 Å². The van der Waals surface area contributed by atoms with Gasteiger partial charge in [-0.15, -0.1) is 12.4 Å². The molecule has 0 unspecified atom stereocenters. The Labute approximate surface area is 143 Å². The fraction of sp³-hybridized carbons (Fsp3) is 0.143. The number of benzene rings is 1. The van der Waals surface area contributed by atoms with Gasteiger partial charge in [0, 0.05) is 35.1 Å². The van der Waals surface area contributed by atoms with Gasteiger partial charge in [0.15, 0.2) is 0 Å². The molecule has 0 atom stereocenters. The monoisotopic (exact) mass is 372 g/mol. The van der Waals surface area contributed by atoms with Crippen molar-refractivity contribution < 1.29 is 17.6 Å². The Morgan fingerprint density at radius 2 is 2.08 bits per heavy atom. The second-order valence-corrected chi connectivity index (χ2v) is 6.45. The minimum absolute atomic E-state index is 0. The first kappa shape index (κ1) is 18.3. The summed E-state index contributed by atoms with van der Waals surface area (Å²) in [5.41, 5.74) is 2.46. The van der Waals surface area contributed by atoms with E-state index in [9.17, 15) is 17.6 Å². The Bertz CT molecular complexity index is 924. The van der Waals surface area contributed by atoms with Crippen molar-refractivity contribution in [3.05, 3.63) is 58.7 Å². The van der Waals surface area contributed by atoms with E-state index >= 15 is 0 Å². The molecule has 10 heteroatoms. The topological polar surface area (TPSA) is 117 Å². The van der Waals surface area contributed by atoms with Gasteiger partial charge in [-0.1, -0.05) is 12.1 Å². The van der Waals surface area contributed by atoms with Gasteiger partial charge in [0.2, 0.25) is 0 Å².